The van der Waals surface area contributed by atoms with E-state index in [9.17, 15) is 24.5 Å². The van der Waals surface area contributed by atoms with Gasteiger partial charge in [0.15, 0.2) is 0 Å². The number of nitrogens with one attached hydrogen (secondary N) is 1. The van der Waals surface area contributed by atoms with Crippen molar-refractivity contribution >= 4 is 13.7 Å². The van der Waals surface area contributed by atoms with Crippen LogP contribution in [0.1, 0.15) is 226 Å². The summed E-state index contributed by atoms with van der Waals surface area (Å²) in [6.45, 7) is 4.43. The molecule has 0 saturated carbocycles. The van der Waals surface area contributed by atoms with E-state index >= 15 is 0 Å². The molecule has 0 rings (SSSR count). The van der Waals surface area contributed by atoms with Crippen LogP contribution in [0.2, 0.25) is 0 Å². The van der Waals surface area contributed by atoms with Crippen molar-refractivity contribution in [3.8, 4) is 0 Å². The number of unbranched alkanes of at least 4 members (excludes halogenated alkanes) is 26. The molecule has 0 aromatic carbocycles. The number of likely N-dealkylation sites (N-methyl/N-ethyl adjacent to an activating group) is 1. The van der Waals surface area contributed by atoms with Crippen molar-refractivity contribution in [1.29, 1.82) is 0 Å². The molecule has 0 spiro atoms. The highest BCUT2D eigenvalue weighted by Crippen LogP contribution is 2.38. The van der Waals surface area contributed by atoms with E-state index in [0.717, 1.165) is 57.8 Å². The van der Waals surface area contributed by atoms with E-state index < -0.39 is 32.7 Å². The average molecular weight is 883 g/mol. The zero-order valence-electron chi connectivity index (χ0n) is 40.5. The lowest BCUT2D eigenvalue weighted by molar-refractivity contribution is -0.870. The lowest BCUT2D eigenvalue weighted by Gasteiger charge is -2.31. The number of quaternary nitrogens is 1. The summed E-state index contributed by atoms with van der Waals surface area (Å²) in [7, 11) is 1.12. The zero-order valence-corrected chi connectivity index (χ0v) is 41.4. The van der Waals surface area contributed by atoms with Crippen LogP contribution < -0.4 is 10.2 Å². The molecular formula is C51H99N2O7P. The second-order valence-corrected chi connectivity index (χ2v) is 20.1. The molecule has 0 fully saturated rings. The summed E-state index contributed by atoms with van der Waals surface area (Å²) in [5.74, 6) is -0.283. The number of hydrogen-bond acceptors (Lipinski definition) is 7. The molecule has 4 unspecified atom stereocenters. The number of rotatable bonds is 46. The number of aliphatic hydroxyl groups is 2. The SMILES string of the molecule is CCCCCCC/C=C\C/C=C\C/C=C\CCCCCCCCCCCCC(=O)NC(COP(=O)([O-])OCC[N+](C)(C)C)C(O)C(O)CCCCCCCCCCCCCC. The van der Waals surface area contributed by atoms with Crippen LogP contribution in [0.15, 0.2) is 36.5 Å². The highest BCUT2D eigenvalue weighted by molar-refractivity contribution is 7.45. The Hall–Kier alpha value is -1.32. The van der Waals surface area contributed by atoms with E-state index in [-0.39, 0.29) is 18.9 Å². The van der Waals surface area contributed by atoms with Gasteiger partial charge in [0.2, 0.25) is 5.91 Å². The largest absolute Gasteiger partial charge is 0.756 e. The van der Waals surface area contributed by atoms with Crippen molar-refractivity contribution in [3.05, 3.63) is 36.5 Å². The van der Waals surface area contributed by atoms with Gasteiger partial charge >= 0.3 is 0 Å². The average Bonchev–Trinajstić information content (AvgIpc) is 3.21. The highest BCUT2D eigenvalue weighted by atomic mass is 31.2. The molecule has 360 valence electrons. The number of phosphoric acid groups is 1. The maximum atomic E-state index is 12.9. The van der Waals surface area contributed by atoms with Crippen LogP contribution in [0.4, 0.5) is 0 Å². The molecule has 0 aromatic rings. The number of amides is 1. The molecule has 61 heavy (non-hydrogen) atoms. The maximum absolute atomic E-state index is 12.9. The summed E-state index contributed by atoms with van der Waals surface area (Å²) in [6.07, 6.45) is 49.0. The third-order valence-electron chi connectivity index (χ3n) is 11.5. The van der Waals surface area contributed by atoms with Crippen LogP contribution in [0, 0.1) is 0 Å². The van der Waals surface area contributed by atoms with E-state index in [1.165, 1.54) is 135 Å². The standard InChI is InChI=1S/C51H99N2O7P/c1-6-8-10-12-14-16-18-20-21-22-23-24-25-26-27-28-29-30-31-32-34-36-38-40-42-44-50(55)52-48(47-60-61(57,58)59-46-45-53(3,4)5)51(56)49(54)43-41-39-37-35-33-19-17-15-13-11-9-7-2/h18,20,22-23,25-26,48-49,51,54,56H,6-17,19,21,24,27-47H2,1-5H3,(H-,52,55,57,58)/b20-18-,23-22-,26-25-. The summed E-state index contributed by atoms with van der Waals surface area (Å²) < 4.78 is 23.2. The molecule has 0 aliphatic heterocycles. The Balaban J connectivity index is 4.31. The van der Waals surface area contributed by atoms with Gasteiger partial charge in [0.25, 0.3) is 7.82 Å². The van der Waals surface area contributed by atoms with Crippen molar-refractivity contribution in [2.24, 2.45) is 0 Å². The Morgan fingerprint density at radius 2 is 0.984 bits per heavy atom. The van der Waals surface area contributed by atoms with Gasteiger partial charge in [-0.2, -0.15) is 0 Å². The summed E-state index contributed by atoms with van der Waals surface area (Å²) in [4.78, 5) is 25.4. The van der Waals surface area contributed by atoms with Gasteiger partial charge in [0.05, 0.1) is 39.9 Å². The Bertz CT molecular complexity index is 1110. The van der Waals surface area contributed by atoms with Gasteiger partial charge < -0.3 is 34.0 Å². The molecule has 0 bridgehead atoms. The summed E-state index contributed by atoms with van der Waals surface area (Å²) in [6, 6.07) is -1.07. The summed E-state index contributed by atoms with van der Waals surface area (Å²) >= 11 is 0. The van der Waals surface area contributed by atoms with Gasteiger partial charge in [-0.25, -0.2) is 0 Å². The summed E-state index contributed by atoms with van der Waals surface area (Å²) in [5, 5.41) is 24.7. The topological polar surface area (TPSA) is 128 Å². The molecule has 0 radical (unpaired) electrons. The van der Waals surface area contributed by atoms with Gasteiger partial charge in [-0.3, -0.25) is 9.36 Å². The van der Waals surface area contributed by atoms with Crippen LogP contribution in [0.5, 0.6) is 0 Å². The second-order valence-electron chi connectivity index (χ2n) is 18.7. The maximum Gasteiger partial charge on any atom is 0.268 e. The number of phosphoric ester groups is 1. The fraction of sp³-hybridized carbons (Fsp3) is 0.863. The first kappa shape index (κ1) is 59.7. The number of nitrogens with zero attached hydrogens (tertiary/aromatic N) is 1. The normalized spacial score (nSPS) is 15.0. The zero-order chi connectivity index (χ0) is 45.1. The fourth-order valence-corrected chi connectivity index (χ4v) is 8.10. The van der Waals surface area contributed by atoms with Gasteiger partial charge in [-0.1, -0.05) is 204 Å². The number of allylic oxidation sites excluding steroid dienone is 6. The van der Waals surface area contributed by atoms with Gasteiger partial charge in [-0.05, 0) is 51.4 Å². The van der Waals surface area contributed by atoms with Crippen LogP contribution >= 0.6 is 7.82 Å². The number of hydrogen-bond donors (Lipinski definition) is 3. The van der Waals surface area contributed by atoms with E-state index in [4.69, 9.17) is 9.05 Å². The molecule has 9 nitrogen and oxygen atoms in total. The third kappa shape index (κ3) is 43.7. The van der Waals surface area contributed by atoms with E-state index in [0.29, 0.717) is 23.9 Å². The Labute approximate surface area is 377 Å². The minimum atomic E-state index is -4.67. The van der Waals surface area contributed by atoms with Gasteiger partial charge in [0, 0.05) is 6.42 Å². The summed E-state index contributed by atoms with van der Waals surface area (Å²) in [5.41, 5.74) is 0. The smallest absolute Gasteiger partial charge is 0.268 e. The fourth-order valence-electron chi connectivity index (χ4n) is 7.38. The van der Waals surface area contributed by atoms with Crippen molar-refractivity contribution in [2.45, 2.75) is 244 Å². The first-order chi connectivity index (χ1) is 29.4. The quantitative estimate of drug-likeness (QED) is 0.0240. The number of carbonyl (C=O) groups excluding carboxylic acids is 1. The second kappa shape index (κ2) is 42.6. The van der Waals surface area contributed by atoms with Crippen LogP contribution in [-0.4, -0.2) is 79.8 Å². The Kier molecular flexibility index (Phi) is 41.7. The molecule has 1 amide bonds. The lowest BCUT2D eigenvalue weighted by atomic mass is 9.99. The van der Waals surface area contributed by atoms with Gasteiger partial charge in [-0.15, -0.1) is 0 Å². The predicted molar refractivity (Wildman–Crippen MR) is 257 cm³/mol. The minimum Gasteiger partial charge on any atom is -0.756 e. The first-order valence-electron chi connectivity index (χ1n) is 25.4. The first-order valence-corrected chi connectivity index (χ1v) is 26.9. The molecule has 0 aromatic heterocycles. The molecule has 4 atom stereocenters. The highest BCUT2D eigenvalue weighted by Gasteiger charge is 2.29. The van der Waals surface area contributed by atoms with E-state index in [1.807, 2.05) is 21.1 Å². The Morgan fingerprint density at radius 1 is 0.590 bits per heavy atom. The van der Waals surface area contributed by atoms with Crippen molar-refractivity contribution in [2.75, 3.05) is 40.9 Å². The van der Waals surface area contributed by atoms with Crippen LogP contribution in [0.3, 0.4) is 0 Å². The molecule has 3 N–H and O–H groups in total. The third-order valence-corrected chi connectivity index (χ3v) is 12.4. The molecular weight excluding hydrogens is 784 g/mol. The predicted octanol–water partition coefficient (Wildman–Crippen LogP) is 13.0. The van der Waals surface area contributed by atoms with E-state index in [2.05, 4.69) is 55.6 Å². The lowest BCUT2D eigenvalue weighted by Crippen LogP contribution is -2.51. The molecule has 0 aliphatic rings. The monoisotopic (exact) mass is 883 g/mol. The van der Waals surface area contributed by atoms with Crippen LogP contribution in [-0.2, 0) is 18.4 Å². The van der Waals surface area contributed by atoms with Crippen molar-refractivity contribution in [3.63, 3.8) is 0 Å². The molecule has 0 saturated heterocycles. The molecule has 0 heterocycles. The Morgan fingerprint density at radius 3 is 1.43 bits per heavy atom. The van der Waals surface area contributed by atoms with Crippen LogP contribution in [0.25, 0.3) is 0 Å². The van der Waals surface area contributed by atoms with E-state index in [1.54, 1.807) is 0 Å². The molecule has 0 aliphatic carbocycles. The van der Waals surface area contributed by atoms with Gasteiger partial charge in [0.1, 0.15) is 19.3 Å². The van der Waals surface area contributed by atoms with Crippen molar-refractivity contribution in [1.82, 2.24) is 5.32 Å². The van der Waals surface area contributed by atoms with Crippen molar-refractivity contribution < 1.29 is 38.0 Å². The number of carbonyl (C=O) groups is 1. The minimum absolute atomic E-state index is 0.0418. The molecule has 10 heteroatoms. The number of aliphatic hydroxyl groups excluding tert-OH is 2.